The third-order valence-electron chi connectivity index (χ3n) is 4.16. The van der Waals surface area contributed by atoms with E-state index in [2.05, 4.69) is 19.6 Å². The molecule has 0 radical (unpaired) electrons. The smallest absolute Gasteiger partial charge is 0.252 e. The monoisotopic (exact) mass is 302 g/mol. The number of hydrogen-bond acceptors (Lipinski definition) is 5. The van der Waals surface area contributed by atoms with Crippen LogP contribution in [-0.4, -0.2) is 54.4 Å². The van der Waals surface area contributed by atoms with Crippen LogP contribution in [0.5, 0.6) is 0 Å². The molecule has 0 spiro atoms. The number of hydrogen-bond donors (Lipinski definition) is 0. The highest BCUT2D eigenvalue weighted by molar-refractivity contribution is 5.81. The number of imidazole rings is 1. The van der Waals surface area contributed by atoms with E-state index in [-0.39, 0.29) is 12.0 Å². The van der Waals surface area contributed by atoms with Crippen LogP contribution in [0.15, 0.2) is 18.9 Å². The van der Waals surface area contributed by atoms with Gasteiger partial charge in [0.1, 0.15) is 24.6 Å². The van der Waals surface area contributed by atoms with Gasteiger partial charge in [-0.05, 0) is 12.8 Å². The maximum Gasteiger partial charge on any atom is 0.252 e. The maximum atomic E-state index is 12.4. The number of rotatable bonds is 3. The van der Waals surface area contributed by atoms with E-state index in [4.69, 9.17) is 4.74 Å². The summed E-state index contributed by atoms with van der Waals surface area (Å²) < 4.78 is 9.35. The van der Waals surface area contributed by atoms with E-state index in [1.54, 1.807) is 11.0 Å². The number of ether oxygens (including phenoxy) is 1. The molecular weight excluding hydrogens is 284 g/mol. The zero-order chi connectivity index (χ0) is 14.9. The van der Waals surface area contributed by atoms with Crippen molar-refractivity contribution in [1.82, 2.24) is 29.2 Å². The molecule has 0 aliphatic carbocycles. The molecule has 1 amide bonds. The van der Waals surface area contributed by atoms with Crippen molar-refractivity contribution in [1.29, 1.82) is 0 Å². The average molecular weight is 302 g/mol. The van der Waals surface area contributed by atoms with Crippen LogP contribution in [0.1, 0.15) is 24.4 Å². The van der Waals surface area contributed by atoms with Crippen LogP contribution < -0.4 is 0 Å². The Bertz CT molecular complexity index is 659. The molecule has 1 saturated heterocycles. The van der Waals surface area contributed by atoms with Gasteiger partial charge in [0.15, 0.2) is 0 Å². The van der Waals surface area contributed by atoms with Crippen molar-refractivity contribution in [2.45, 2.75) is 38.6 Å². The first-order valence-electron chi connectivity index (χ1n) is 7.57. The summed E-state index contributed by atoms with van der Waals surface area (Å²) in [5, 5.41) is 4.09. The van der Waals surface area contributed by atoms with Crippen LogP contribution in [0.3, 0.4) is 0 Å². The van der Waals surface area contributed by atoms with Gasteiger partial charge >= 0.3 is 0 Å². The molecule has 22 heavy (non-hydrogen) atoms. The third kappa shape index (κ3) is 2.50. The summed E-state index contributed by atoms with van der Waals surface area (Å²) in [6, 6.07) is 0. The molecule has 8 nitrogen and oxygen atoms in total. The topological polar surface area (TPSA) is 78.1 Å². The first kappa shape index (κ1) is 13.4. The van der Waals surface area contributed by atoms with Crippen LogP contribution in [0.2, 0.25) is 0 Å². The molecule has 2 aromatic heterocycles. The van der Waals surface area contributed by atoms with Crippen molar-refractivity contribution in [2.75, 3.05) is 13.2 Å². The van der Waals surface area contributed by atoms with Crippen molar-refractivity contribution in [2.24, 2.45) is 0 Å². The van der Waals surface area contributed by atoms with Crippen LogP contribution in [0, 0.1) is 0 Å². The Hall–Kier alpha value is -2.22. The lowest BCUT2D eigenvalue weighted by atomic mass is 10.2. The molecule has 1 unspecified atom stereocenters. The summed E-state index contributed by atoms with van der Waals surface area (Å²) in [7, 11) is 0. The Morgan fingerprint density at radius 2 is 2.36 bits per heavy atom. The summed E-state index contributed by atoms with van der Waals surface area (Å²) in [6.07, 6.45) is 6.77. The second kappa shape index (κ2) is 5.53. The first-order chi connectivity index (χ1) is 10.8. The van der Waals surface area contributed by atoms with Crippen LogP contribution in [-0.2, 0) is 29.2 Å². The minimum absolute atomic E-state index is 0.101. The van der Waals surface area contributed by atoms with Crippen molar-refractivity contribution in [3.05, 3.63) is 30.4 Å². The number of nitrogens with zero attached hydrogens (tertiary/aromatic N) is 6. The van der Waals surface area contributed by atoms with Crippen molar-refractivity contribution in [3.8, 4) is 0 Å². The highest BCUT2D eigenvalue weighted by atomic mass is 16.5. The fourth-order valence-electron chi connectivity index (χ4n) is 3.03. The van der Waals surface area contributed by atoms with E-state index < -0.39 is 0 Å². The van der Waals surface area contributed by atoms with Gasteiger partial charge in [-0.15, -0.1) is 0 Å². The second-order valence-electron chi connectivity index (χ2n) is 5.70. The predicted molar refractivity (Wildman–Crippen MR) is 75.7 cm³/mol. The Balaban J connectivity index is 1.46. The van der Waals surface area contributed by atoms with Gasteiger partial charge in [-0.3, -0.25) is 4.79 Å². The summed E-state index contributed by atoms with van der Waals surface area (Å²) in [6.45, 7) is 3.33. The molecule has 4 heterocycles. The molecule has 8 heteroatoms. The van der Waals surface area contributed by atoms with E-state index in [9.17, 15) is 4.79 Å². The Morgan fingerprint density at radius 1 is 1.41 bits per heavy atom. The third-order valence-corrected chi connectivity index (χ3v) is 4.16. The lowest BCUT2D eigenvalue weighted by Gasteiger charge is -2.29. The summed E-state index contributed by atoms with van der Waals surface area (Å²) in [5.41, 5.74) is 0.937. The molecule has 2 aliphatic rings. The van der Waals surface area contributed by atoms with Gasteiger partial charge in [-0.2, -0.15) is 5.10 Å². The van der Waals surface area contributed by atoms with E-state index in [0.717, 1.165) is 30.9 Å². The molecule has 0 saturated carbocycles. The van der Waals surface area contributed by atoms with Gasteiger partial charge in [0.05, 0.1) is 18.8 Å². The molecule has 0 bridgehead atoms. The molecule has 1 atom stereocenters. The number of carbonyl (C=O) groups excluding carboxylic acids is 1. The average Bonchev–Trinajstić information content (AvgIpc) is 3.27. The fourth-order valence-corrected chi connectivity index (χ4v) is 3.03. The number of carbonyl (C=O) groups is 1. The molecule has 2 aliphatic heterocycles. The van der Waals surface area contributed by atoms with Gasteiger partial charge in [-0.1, -0.05) is 0 Å². The SMILES string of the molecule is O=C(C1CCCO1)N1CCn2cc(Cn3cncn3)nc2C1. The summed E-state index contributed by atoms with van der Waals surface area (Å²) in [5.74, 6) is 1.03. The number of fused-ring (bicyclic) bond motifs is 1. The summed E-state index contributed by atoms with van der Waals surface area (Å²) >= 11 is 0. The van der Waals surface area contributed by atoms with Gasteiger partial charge in [0, 0.05) is 25.9 Å². The van der Waals surface area contributed by atoms with E-state index >= 15 is 0 Å². The highest BCUT2D eigenvalue weighted by Crippen LogP contribution is 2.19. The largest absolute Gasteiger partial charge is 0.368 e. The molecule has 0 aromatic carbocycles. The maximum absolute atomic E-state index is 12.4. The zero-order valence-electron chi connectivity index (χ0n) is 12.3. The highest BCUT2D eigenvalue weighted by Gasteiger charge is 2.30. The quantitative estimate of drug-likeness (QED) is 0.800. The second-order valence-corrected chi connectivity index (χ2v) is 5.70. The minimum atomic E-state index is -0.254. The summed E-state index contributed by atoms with van der Waals surface area (Å²) in [4.78, 5) is 22.8. The lowest BCUT2D eigenvalue weighted by molar-refractivity contribution is -0.142. The molecule has 1 fully saturated rings. The minimum Gasteiger partial charge on any atom is -0.368 e. The van der Waals surface area contributed by atoms with Crippen LogP contribution in [0.4, 0.5) is 0 Å². The molecular formula is C14H18N6O2. The predicted octanol–water partition coefficient (Wildman–Crippen LogP) is 0.0441. The van der Waals surface area contributed by atoms with Crippen LogP contribution in [0.25, 0.3) is 0 Å². The first-order valence-corrected chi connectivity index (χ1v) is 7.57. The van der Waals surface area contributed by atoms with Gasteiger partial charge in [0.2, 0.25) is 0 Å². The van der Waals surface area contributed by atoms with E-state index in [0.29, 0.717) is 26.2 Å². The van der Waals surface area contributed by atoms with Gasteiger partial charge in [-0.25, -0.2) is 14.6 Å². The zero-order valence-corrected chi connectivity index (χ0v) is 12.3. The Morgan fingerprint density at radius 3 is 3.14 bits per heavy atom. The normalized spacial score (nSPS) is 21.1. The number of aromatic nitrogens is 5. The molecule has 116 valence electrons. The van der Waals surface area contributed by atoms with Crippen LogP contribution >= 0.6 is 0 Å². The van der Waals surface area contributed by atoms with Gasteiger partial charge in [0.25, 0.3) is 5.91 Å². The van der Waals surface area contributed by atoms with Crippen molar-refractivity contribution < 1.29 is 9.53 Å². The van der Waals surface area contributed by atoms with Gasteiger partial charge < -0.3 is 14.2 Å². The molecule has 0 N–H and O–H groups in total. The van der Waals surface area contributed by atoms with Crippen molar-refractivity contribution in [3.63, 3.8) is 0 Å². The van der Waals surface area contributed by atoms with E-state index in [1.165, 1.54) is 6.33 Å². The standard InChI is InChI=1S/C14H18N6O2/c21-14(12-2-1-5-22-12)19-4-3-18-6-11(17-13(18)8-19)7-20-10-15-9-16-20/h6,9-10,12H,1-5,7-8H2. The lowest BCUT2D eigenvalue weighted by Crippen LogP contribution is -2.43. The Kier molecular flexibility index (Phi) is 3.38. The van der Waals surface area contributed by atoms with Crippen molar-refractivity contribution >= 4 is 5.91 Å². The number of amides is 1. The molecule has 2 aromatic rings. The van der Waals surface area contributed by atoms with E-state index in [1.807, 2.05) is 11.1 Å². The Labute approximate surface area is 127 Å². The molecule has 4 rings (SSSR count). The fraction of sp³-hybridized carbons (Fsp3) is 0.571.